The molecule has 0 radical (unpaired) electrons. The summed E-state index contributed by atoms with van der Waals surface area (Å²) >= 11 is 6.09. The van der Waals surface area contributed by atoms with Crippen LogP contribution in [0, 0.1) is 0 Å². The predicted molar refractivity (Wildman–Crippen MR) is 73.3 cm³/mol. The quantitative estimate of drug-likeness (QED) is 0.762. The standard InChI is InChI=1S/C16H13ClO/c17-15-9-8-14(12-6-7-13(12)15)16(18)10-11-4-2-1-3-5-11/h1-5,8-9H,6-7,10H2. The molecule has 0 saturated carbocycles. The van der Waals surface area contributed by atoms with Crippen molar-refractivity contribution in [3.63, 3.8) is 0 Å². The highest BCUT2D eigenvalue weighted by Gasteiger charge is 2.23. The molecule has 0 bridgehead atoms. The summed E-state index contributed by atoms with van der Waals surface area (Å²) in [7, 11) is 0. The summed E-state index contributed by atoms with van der Waals surface area (Å²) in [5, 5.41) is 0.799. The third-order valence-corrected chi connectivity index (χ3v) is 3.86. The Morgan fingerprint density at radius 3 is 2.39 bits per heavy atom. The van der Waals surface area contributed by atoms with Crippen molar-refractivity contribution in [1.82, 2.24) is 0 Å². The Bertz CT molecular complexity index is 602. The number of carbonyl (C=O) groups is 1. The molecule has 1 aliphatic rings. The lowest BCUT2D eigenvalue weighted by molar-refractivity contribution is 0.0991. The van der Waals surface area contributed by atoms with Crippen LogP contribution in [0.3, 0.4) is 0 Å². The number of hydrogen-bond acceptors (Lipinski definition) is 1. The zero-order valence-corrected chi connectivity index (χ0v) is 10.7. The molecule has 0 N–H and O–H groups in total. The van der Waals surface area contributed by atoms with Crippen LogP contribution >= 0.6 is 11.6 Å². The molecule has 2 aromatic carbocycles. The maximum atomic E-state index is 12.3. The summed E-state index contributed by atoms with van der Waals surface area (Å²) in [5.41, 5.74) is 4.23. The van der Waals surface area contributed by atoms with Gasteiger partial charge in [-0.15, -0.1) is 0 Å². The monoisotopic (exact) mass is 256 g/mol. The summed E-state index contributed by atoms with van der Waals surface area (Å²) in [5.74, 6) is 0.189. The molecule has 2 aromatic rings. The van der Waals surface area contributed by atoms with Crippen molar-refractivity contribution in [2.24, 2.45) is 0 Å². The summed E-state index contributed by atoms with van der Waals surface area (Å²) in [6.45, 7) is 0. The smallest absolute Gasteiger partial charge is 0.167 e. The number of carbonyl (C=O) groups excluding carboxylic acids is 1. The molecule has 90 valence electrons. The van der Waals surface area contributed by atoms with Gasteiger partial charge >= 0.3 is 0 Å². The van der Waals surface area contributed by atoms with Gasteiger partial charge in [-0.2, -0.15) is 0 Å². The average molecular weight is 257 g/mol. The highest BCUT2D eigenvalue weighted by molar-refractivity contribution is 6.31. The number of benzene rings is 2. The predicted octanol–water partition coefficient (Wildman–Crippen LogP) is 3.86. The SMILES string of the molecule is O=C(Cc1ccccc1)c1ccc(Cl)c2c1CC2. The van der Waals surface area contributed by atoms with Gasteiger partial charge in [0.15, 0.2) is 5.78 Å². The van der Waals surface area contributed by atoms with E-state index in [2.05, 4.69) is 0 Å². The molecule has 0 spiro atoms. The van der Waals surface area contributed by atoms with Gasteiger partial charge in [-0.1, -0.05) is 41.9 Å². The molecule has 18 heavy (non-hydrogen) atoms. The van der Waals surface area contributed by atoms with Crippen LogP contribution in [0.15, 0.2) is 42.5 Å². The molecule has 0 aromatic heterocycles. The molecule has 0 unspecified atom stereocenters. The maximum Gasteiger partial charge on any atom is 0.167 e. The lowest BCUT2D eigenvalue weighted by Crippen LogP contribution is -2.17. The molecule has 0 amide bonds. The van der Waals surface area contributed by atoms with Crippen LogP contribution in [-0.2, 0) is 19.3 Å². The van der Waals surface area contributed by atoms with E-state index in [4.69, 9.17) is 11.6 Å². The van der Waals surface area contributed by atoms with E-state index in [0.29, 0.717) is 6.42 Å². The van der Waals surface area contributed by atoms with Gasteiger partial charge in [0, 0.05) is 17.0 Å². The van der Waals surface area contributed by atoms with Gasteiger partial charge in [0.1, 0.15) is 0 Å². The van der Waals surface area contributed by atoms with Gasteiger partial charge in [0.2, 0.25) is 0 Å². The fraction of sp³-hybridized carbons (Fsp3) is 0.188. The van der Waals surface area contributed by atoms with Crippen LogP contribution in [0.5, 0.6) is 0 Å². The van der Waals surface area contributed by atoms with Crippen molar-refractivity contribution in [1.29, 1.82) is 0 Å². The number of ketones is 1. The van der Waals surface area contributed by atoms with Gasteiger partial charge in [-0.25, -0.2) is 0 Å². The van der Waals surface area contributed by atoms with Crippen molar-refractivity contribution in [2.75, 3.05) is 0 Å². The molecule has 0 heterocycles. The molecule has 2 heteroatoms. The van der Waals surface area contributed by atoms with Crippen LogP contribution in [0.25, 0.3) is 0 Å². The Balaban J connectivity index is 1.88. The average Bonchev–Trinajstić information content (AvgIpc) is 2.32. The molecule has 0 aliphatic heterocycles. The van der Waals surface area contributed by atoms with E-state index in [1.165, 1.54) is 0 Å². The third kappa shape index (κ3) is 1.95. The Kier molecular flexibility index (Phi) is 2.92. The topological polar surface area (TPSA) is 17.1 Å². The molecular formula is C16H13ClO. The van der Waals surface area contributed by atoms with Gasteiger partial charge in [0.25, 0.3) is 0 Å². The van der Waals surface area contributed by atoms with E-state index >= 15 is 0 Å². The first-order valence-electron chi connectivity index (χ1n) is 6.13. The summed E-state index contributed by atoms with van der Waals surface area (Å²) in [4.78, 5) is 12.3. The van der Waals surface area contributed by atoms with Crippen LogP contribution in [0.4, 0.5) is 0 Å². The fourth-order valence-corrected chi connectivity index (χ4v) is 2.70. The van der Waals surface area contributed by atoms with Crippen molar-refractivity contribution >= 4 is 17.4 Å². The van der Waals surface area contributed by atoms with Crippen LogP contribution in [0.2, 0.25) is 5.02 Å². The zero-order chi connectivity index (χ0) is 12.5. The van der Waals surface area contributed by atoms with E-state index in [1.54, 1.807) is 0 Å². The maximum absolute atomic E-state index is 12.3. The number of hydrogen-bond donors (Lipinski definition) is 0. The minimum absolute atomic E-state index is 0.189. The van der Waals surface area contributed by atoms with Crippen LogP contribution in [-0.4, -0.2) is 5.78 Å². The van der Waals surface area contributed by atoms with Crippen LogP contribution < -0.4 is 0 Å². The molecule has 1 aliphatic carbocycles. The fourth-order valence-electron chi connectivity index (χ4n) is 2.43. The second-order valence-electron chi connectivity index (χ2n) is 4.64. The van der Waals surface area contributed by atoms with Crippen molar-refractivity contribution < 1.29 is 4.79 Å². The first-order valence-corrected chi connectivity index (χ1v) is 6.51. The van der Waals surface area contributed by atoms with Crippen molar-refractivity contribution in [3.8, 4) is 0 Å². The van der Waals surface area contributed by atoms with Crippen molar-refractivity contribution in [2.45, 2.75) is 19.3 Å². The third-order valence-electron chi connectivity index (χ3n) is 3.51. The molecule has 0 atom stereocenters. The highest BCUT2D eigenvalue weighted by Crippen LogP contribution is 2.33. The second-order valence-corrected chi connectivity index (χ2v) is 5.04. The Morgan fingerprint density at radius 2 is 1.72 bits per heavy atom. The first-order chi connectivity index (χ1) is 8.75. The second kappa shape index (κ2) is 4.58. The number of rotatable bonds is 3. The molecule has 1 nitrogen and oxygen atoms in total. The summed E-state index contributed by atoms with van der Waals surface area (Å²) < 4.78 is 0. The van der Waals surface area contributed by atoms with E-state index in [0.717, 1.165) is 40.1 Å². The Hall–Kier alpha value is -1.60. The minimum Gasteiger partial charge on any atom is -0.294 e. The lowest BCUT2D eigenvalue weighted by atomic mass is 9.82. The summed E-state index contributed by atoms with van der Waals surface area (Å²) in [6, 6.07) is 13.6. The van der Waals surface area contributed by atoms with Crippen molar-refractivity contribution in [3.05, 3.63) is 69.7 Å². The molecule has 3 rings (SSSR count). The molecule has 0 fully saturated rings. The summed E-state index contributed by atoms with van der Waals surface area (Å²) in [6.07, 6.45) is 2.45. The van der Waals surface area contributed by atoms with Gasteiger partial charge in [0.05, 0.1) is 0 Å². The highest BCUT2D eigenvalue weighted by atomic mass is 35.5. The van der Waals surface area contributed by atoms with Gasteiger partial charge in [-0.05, 0) is 41.7 Å². The molecular weight excluding hydrogens is 244 g/mol. The zero-order valence-electron chi connectivity index (χ0n) is 9.95. The van der Waals surface area contributed by atoms with Gasteiger partial charge < -0.3 is 0 Å². The first kappa shape index (κ1) is 11.5. The number of Topliss-reactive ketones (excluding diaryl/α,β-unsaturated/α-hetero) is 1. The number of fused-ring (bicyclic) bond motifs is 1. The van der Waals surface area contributed by atoms with E-state index in [-0.39, 0.29) is 5.78 Å². The number of halogens is 1. The Labute approximate surface area is 111 Å². The lowest BCUT2D eigenvalue weighted by Gasteiger charge is -2.23. The largest absolute Gasteiger partial charge is 0.294 e. The van der Waals surface area contributed by atoms with E-state index in [9.17, 15) is 4.79 Å². The van der Waals surface area contributed by atoms with Crippen LogP contribution in [0.1, 0.15) is 27.0 Å². The van der Waals surface area contributed by atoms with E-state index < -0.39 is 0 Å². The van der Waals surface area contributed by atoms with Gasteiger partial charge in [-0.3, -0.25) is 4.79 Å². The molecule has 0 saturated heterocycles. The van der Waals surface area contributed by atoms with E-state index in [1.807, 2.05) is 42.5 Å². The minimum atomic E-state index is 0.189. The normalized spacial score (nSPS) is 12.7. The Morgan fingerprint density at radius 1 is 1.00 bits per heavy atom.